The van der Waals surface area contributed by atoms with Gasteiger partial charge in [-0.2, -0.15) is 0 Å². The molecule has 138 valence electrons. The highest BCUT2D eigenvalue weighted by Crippen LogP contribution is 2.14. The van der Waals surface area contributed by atoms with E-state index in [1.54, 1.807) is 6.92 Å². The molecule has 23 heavy (non-hydrogen) atoms. The normalized spacial score (nSPS) is 13.1. The van der Waals surface area contributed by atoms with Crippen LogP contribution in [0.4, 0.5) is 0 Å². The van der Waals surface area contributed by atoms with Crippen LogP contribution in [0.25, 0.3) is 0 Å². The van der Waals surface area contributed by atoms with E-state index >= 15 is 0 Å². The predicted octanol–water partition coefficient (Wildman–Crippen LogP) is 4.13. The van der Waals surface area contributed by atoms with Crippen molar-refractivity contribution in [3.05, 3.63) is 0 Å². The topological polar surface area (TPSA) is 77.2 Å². The smallest absolute Gasteiger partial charge is 0.221 e. The zero-order valence-corrected chi connectivity index (χ0v) is 16.5. The highest BCUT2D eigenvalue weighted by molar-refractivity contribution is 8.12. The van der Waals surface area contributed by atoms with Crippen LogP contribution in [0.1, 0.15) is 78.1 Å². The highest BCUT2D eigenvalue weighted by atomic mass is 32.3. The van der Waals surface area contributed by atoms with Crippen molar-refractivity contribution >= 4 is 27.5 Å². The molecular weight excluding hydrogens is 330 g/mol. The number of hydrogen-bond acceptors (Lipinski definition) is 4. The molecule has 0 saturated heterocycles. The number of sulfone groups is 1. The minimum absolute atomic E-state index is 0.0993. The Labute approximate surface area is 147 Å². The molecule has 6 heteroatoms. The van der Waals surface area contributed by atoms with Crippen LogP contribution in [0.2, 0.25) is 0 Å². The van der Waals surface area contributed by atoms with Gasteiger partial charge in [0.1, 0.15) is 0 Å². The van der Waals surface area contributed by atoms with Crippen molar-refractivity contribution in [2.75, 3.05) is 16.6 Å². The number of thioether (sulfide) groups is 1. The molecule has 0 bridgehead atoms. The lowest BCUT2D eigenvalue weighted by Crippen LogP contribution is -2.28. The van der Waals surface area contributed by atoms with E-state index in [0.717, 1.165) is 12.2 Å². The lowest BCUT2D eigenvalue weighted by atomic mass is 10.1. The predicted molar refractivity (Wildman–Crippen MR) is 101 cm³/mol. The van der Waals surface area contributed by atoms with Crippen LogP contribution in [0, 0.1) is 5.92 Å². The van der Waals surface area contributed by atoms with Gasteiger partial charge in [-0.05, 0) is 12.2 Å². The Balaban J connectivity index is 3.43. The first-order valence-electron chi connectivity index (χ1n) is 8.96. The van der Waals surface area contributed by atoms with Crippen molar-refractivity contribution in [1.82, 2.24) is 0 Å². The fourth-order valence-corrected chi connectivity index (χ4v) is 5.59. The maximum atomic E-state index is 11.8. The fourth-order valence-electron chi connectivity index (χ4n) is 2.39. The molecule has 0 aromatic rings. The van der Waals surface area contributed by atoms with Gasteiger partial charge < -0.3 is 5.73 Å². The molecule has 0 radical (unpaired) electrons. The third-order valence-electron chi connectivity index (χ3n) is 3.89. The highest BCUT2D eigenvalue weighted by Gasteiger charge is 2.19. The maximum absolute atomic E-state index is 11.8. The van der Waals surface area contributed by atoms with Gasteiger partial charge in [-0.25, -0.2) is 8.42 Å². The van der Waals surface area contributed by atoms with Gasteiger partial charge in [0.05, 0.1) is 10.8 Å². The second kappa shape index (κ2) is 14.1. The molecule has 1 atom stereocenters. The average Bonchev–Trinajstić information content (AvgIpc) is 2.47. The molecule has 0 aliphatic carbocycles. The first-order valence-corrected chi connectivity index (χ1v) is 11.9. The molecule has 0 aliphatic rings. The molecule has 0 spiro atoms. The Morgan fingerprint density at radius 3 is 1.91 bits per heavy atom. The average molecular weight is 366 g/mol. The van der Waals surface area contributed by atoms with Crippen LogP contribution < -0.4 is 5.73 Å². The van der Waals surface area contributed by atoms with Gasteiger partial charge >= 0.3 is 0 Å². The van der Waals surface area contributed by atoms with Gasteiger partial charge in [0.25, 0.3) is 0 Å². The second-order valence-corrected chi connectivity index (χ2v) is 10.0. The molecule has 0 aliphatic heterocycles. The standard InChI is InChI=1S/C17H35NO3S2/c1-3-4-5-6-7-8-9-10-11-12-13-22-15-23(20,21)14-16(2)17(18)19/h16H,3-15H2,1-2H3,(H2,18,19)/t16-/m0/s1. The Kier molecular flexibility index (Phi) is 14.0. The van der Waals surface area contributed by atoms with Crippen LogP contribution in [-0.4, -0.2) is 30.9 Å². The zero-order chi connectivity index (χ0) is 17.6. The van der Waals surface area contributed by atoms with Crippen molar-refractivity contribution in [1.29, 1.82) is 0 Å². The number of nitrogens with two attached hydrogens (primary N) is 1. The molecule has 0 heterocycles. The minimum Gasteiger partial charge on any atom is -0.369 e. The van der Waals surface area contributed by atoms with Crippen molar-refractivity contribution < 1.29 is 13.2 Å². The maximum Gasteiger partial charge on any atom is 0.221 e. The summed E-state index contributed by atoms with van der Waals surface area (Å²) < 4.78 is 23.6. The molecule has 0 saturated carbocycles. The van der Waals surface area contributed by atoms with Crippen LogP contribution in [0.15, 0.2) is 0 Å². The number of unbranched alkanes of at least 4 members (excludes halogenated alkanes) is 9. The van der Waals surface area contributed by atoms with Gasteiger partial charge in [0, 0.05) is 5.92 Å². The summed E-state index contributed by atoms with van der Waals surface area (Å²) in [5.74, 6) is -0.403. The third-order valence-corrected chi connectivity index (χ3v) is 7.58. The van der Waals surface area contributed by atoms with E-state index in [-0.39, 0.29) is 10.8 Å². The van der Waals surface area contributed by atoms with Crippen molar-refractivity contribution in [3.8, 4) is 0 Å². The lowest BCUT2D eigenvalue weighted by molar-refractivity contribution is -0.120. The molecule has 2 N–H and O–H groups in total. The van der Waals surface area contributed by atoms with Gasteiger partial charge in [-0.15, -0.1) is 11.8 Å². The van der Waals surface area contributed by atoms with Gasteiger partial charge in [-0.3, -0.25) is 4.79 Å². The summed E-state index contributed by atoms with van der Waals surface area (Å²) in [6.07, 6.45) is 12.9. The van der Waals surface area contributed by atoms with E-state index in [0.29, 0.717) is 0 Å². The van der Waals surface area contributed by atoms with Crippen molar-refractivity contribution in [2.45, 2.75) is 78.1 Å². The van der Waals surface area contributed by atoms with Gasteiger partial charge in [-0.1, -0.05) is 71.6 Å². The molecular formula is C17H35NO3S2. The Morgan fingerprint density at radius 2 is 1.43 bits per heavy atom. The number of carbonyl (C=O) groups excluding carboxylic acids is 1. The van der Waals surface area contributed by atoms with Crippen LogP contribution in [0.5, 0.6) is 0 Å². The van der Waals surface area contributed by atoms with E-state index in [4.69, 9.17) is 5.73 Å². The first kappa shape index (κ1) is 22.8. The van der Waals surface area contributed by atoms with E-state index in [2.05, 4.69) is 6.92 Å². The number of hydrogen-bond donors (Lipinski definition) is 1. The lowest BCUT2D eigenvalue weighted by Gasteiger charge is -2.08. The summed E-state index contributed by atoms with van der Waals surface area (Å²) in [5.41, 5.74) is 5.10. The molecule has 0 unspecified atom stereocenters. The molecule has 0 rings (SSSR count). The Hall–Kier alpha value is -0.230. The molecule has 0 aromatic heterocycles. The minimum atomic E-state index is -3.18. The van der Waals surface area contributed by atoms with Crippen LogP contribution >= 0.6 is 11.8 Å². The number of amides is 1. The summed E-state index contributed by atoms with van der Waals surface area (Å²) in [4.78, 5) is 10.9. The van der Waals surface area contributed by atoms with E-state index < -0.39 is 21.7 Å². The zero-order valence-electron chi connectivity index (χ0n) is 14.9. The largest absolute Gasteiger partial charge is 0.369 e. The molecule has 1 amide bonds. The molecule has 4 nitrogen and oxygen atoms in total. The fraction of sp³-hybridized carbons (Fsp3) is 0.941. The number of carbonyl (C=O) groups is 1. The quantitative estimate of drug-likeness (QED) is 0.417. The summed E-state index contributed by atoms with van der Waals surface area (Å²) >= 11 is 1.45. The summed E-state index contributed by atoms with van der Waals surface area (Å²) in [5, 5.41) is 0.0993. The Bertz CT molecular complexity index is 397. The first-order chi connectivity index (χ1) is 10.9. The number of rotatable bonds is 16. The third kappa shape index (κ3) is 15.1. The monoisotopic (exact) mass is 365 g/mol. The van der Waals surface area contributed by atoms with Gasteiger partial charge in [0.15, 0.2) is 9.84 Å². The van der Waals surface area contributed by atoms with E-state index in [1.807, 2.05) is 0 Å². The van der Waals surface area contributed by atoms with Crippen molar-refractivity contribution in [2.24, 2.45) is 11.7 Å². The van der Waals surface area contributed by atoms with Crippen LogP contribution in [-0.2, 0) is 14.6 Å². The van der Waals surface area contributed by atoms with Gasteiger partial charge in [0.2, 0.25) is 5.91 Å². The SMILES string of the molecule is CCCCCCCCCCCCSCS(=O)(=O)C[C@H](C)C(N)=O. The van der Waals surface area contributed by atoms with E-state index in [9.17, 15) is 13.2 Å². The molecule has 0 aromatic carbocycles. The van der Waals surface area contributed by atoms with Crippen LogP contribution in [0.3, 0.4) is 0 Å². The van der Waals surface area contributed by atoms with Crippen molar-refractivity contribution in [3.63, 3.8) is 0 Å². The second-order valence-electron chi connectivity index (χ2n) is 6.42. The summed E-state index contributed by atoms with van der Waals surface area (Å²) in [6.45, 7) is 3.80. The van der Waals surface area contributed by atoms with E-state index in [1.165, 1.54) is 69.5 Å². The molecule has 0 fully saturated rings. The Morgan fingerprint density at radius 1 is 0.957 bits per heavy atom. The summed E-state index contributed by atoms with van der Waals surface area (Å²) in [6, 6.07) is 0. The summed E-state index contributed by atoms with van der Waals surface area (Å²) in [7, 11) is -3.18. The number of primary amides is 1.